The Kier molecular flexibility index (Phi) is 4.55. The zero-order valence-electron chi connectivity index (χ0n) is 13.4. The highest BCUT2D eigenvalue weighted by Crippen LogP contribution is 2.33. The van der Waals surface area contributed by atoms with E-state index >= 15 is 0 Å². The normalized spacial score (nSPS) is 26.3. The van der Waals surface area contributed by atoms with Crippen LogP contribution in [0.25, 0.3) is 0 Å². The van der Waals surface area contributed by atoms with Crippen molar-refractivity contribution < 1.29 is 0 Å². The van der Waals surface area contributed by atoms with Crippen LogP contribution in [0.15, 0.2) is 18.3 Å². The first-order valence-corrected chi connectivity index (χ1v) is 8.44. The molecule has 1 saturated heterocycles. The zero-order chi connectivity index (χ0) is 14.7. The topological polar surface area (TPSA) is 41.0 Å². The van der Waals surface area contributed by atoms with Gasteiger partial charge in [-0.3, -0.25) is 4.90 Å². The van der Waals surface area contributed by atoms with Crippen LogP contribution in [0.5, 0.6) is 0 Å². The number of hydrogen-bond acceptors (Lipinski definition) is 4. The molecule has 1 spiro atoms. The lowest BCUT2D eigenvalue weighted by molar-refractivity contribution is 0.0299. The average molecular weight is 288 g/mol. The van der Waals surface area contributed by atoms with Crippen LogP contribution in [0.4, 0.5) is 0 Å². The molecule has 1 unspecified atom stereocenters. The minimum Gasteiger partial charge on any atom is -0.308 e. The van der Waals surface area contributed by atoms with Gasteiger partial charge in [0.1, 0.15) is 0 Å². The van der Waals surface area contributed by atoms with Gasteiger partial charge >= 0.3 is 0 Å². The standard InChI is InChI=1S/C17H28N4/c1-14(2)16-11-18-17(8-4-3-5-9-17)13-21(16)12-15-7-6-10-19-20-15/h6-7,10,14,16,18H,3-5,8-9,11-13H2,1-2H3. The van der Waals surface area contributed by atoms with Gasteiger partial charge in [0.15, 0.2) is 0 Å². The zero-order valence-corrected chi connectivity index (χ0v) is 13.4. The summed E-state index contributed by atoms with van der Waals surface area (Å²) in [4.78, 5) is 2.65. The van der Waals surface area contributed by atoms with E-state index in [-0.39, 0.29) is 0 Å². The lowest BCUT2D eigenvalue weighted by Gasteiger charge is -2.50. The van der Waals surface area contributed by atoms with Gasteiger partial charge in [0, 0.05) is 37.4 Å². The van der Waals surface area contributed by atoms with Gasteiger partial charge in [-0.2, -0.15) is 10.2 Å². The number of hydrogen-bond donors (Lipinski definition) is 1. The Labute approximate surface area is 128 Å². The quantitative estimate of drug-likeness (QED) is 0.928. The largest absolute Gasteiger partial charge is 0.308 e. The first-order valence-electron chi connectivity index (χ1n) is 8.44. The maximum Gasteiger partial charge on any atom is 0.0771 e. The van der Waals surface area contributed by atoms with E-state index in [0.29, 0.717) is 17.5 Å². The third-order valence-corrected chi connectivity index (χ3v) is 5.23. The van der Waals surface area contributed by atoms with E-state index in [0.717, 1.165) is 25.3 Å². The highest BCUT2D eigenvalue weighted by Gasteiger charge is 2.40. The Morgan fingerprint density at radius 1 is 1.33 bits per heavy atom. The van der Waals surface area contributed by atoms with Gasteiger partial charge in [-0.05, 0) is 30.9 Å². The first kappa shape index (κ1) is 14.9. The summed E-state index contributed by atoms with van der Waals surface area (Å²) in [6, 6.07) is 4.69. The summed E-state index contributed by atoms with van der Waals surface area (Å²) in [7, 11) is 0. The van der Waals surface area contributed by atoms with Crippen molar-refractivity contribution in [1.29, 1.82) is 0 Å². The van der Waals surface area contributed by atoms with E-state index in [1.165, 1.54) is 32.1 Å². The Balaban J connectivity index is 1.75. The third-order valence-electron chi connectivity index (χ3n) is 5.23. The Morgan fingerprint density at radius 3 is 2.81 bits per heavy atom. The molecule has 116 valence electrons. The molecule has 4 nitrogen and oxygen atoms in total. The van der Waals surface area contributed by atoms with Crippen LogP contribution in [0.1, 0.15) is 51.6 Å². The van der Waals surface area contributed by atoms with E-state index in [9.17, 15) is 0 Å². The second-order valence-electron chi connectivity index (χ2n) is 7.15. The predicted molar refractivity (Wildman–Crippen MR) is 84.9 cm³/mol. The van der Waals surface area contributed by atoms with E-state index in [1.807, 2.05) is 6.07 Å². The van der Waals surface area contributed by atoms with Crippen LogP contribution in [0, 0.1) is 5.92 Å². The van der Waals surface area contributed by atoms with Gasteiger partial charge < -0.3 is 5.32 Å². The first-order chi connectivity index (χ1) is 10.2. The monoisotopic (exact) mass is 288 g/mol. The molecule has 2 fully saturated rings. The number of piperazine rings is 1. The molecule has 3 rings (SSSR count). The summed E-state index contributed by atoms with van der Waals surface area (Å²) in [6.07, 6.45) is 8.56. The molecule has 1 aliphatic heterocycles. The Bertz CT molecular complexity index is 439. The van der Waals surface area contributed by atoms with Crippen molar-refractivity contribution in [2.24, 2.45) is 5.92 Å². The average Bonchev–Trinajstić information content (AvgIpc) is 2.49. The minimum atomic E-state index is 0.353. The van der Waals surface area contributed by atoms with E-state index in [4.69, 9.17) is 0 Å². The summed E-state index contributed by atoms with van der Waals surface area (Å²) in [5.41, 5.74) is 1.45. The van der Waals surface area contributed by atoms with Crippen molar-refractivity contribution in [3.8, 4) is 0 Å². The third kappa shape index (κ3) is 3.43. The van der Waals surface area contributed by atoms with Gasteiger partial charge in [0.05, 0.1) is 5.69 Å². The summed E-state index contributed by atoms with van der Waals surface area (Å²) in [6.45, 7) is 7.86. The van der Waals surface area contributed by atoms with Crippen LogP contribution < -0.4 is 5.32 Å². The van der Waals surface area contributed by atoms with Crippen LogP contribution in [0.2, 0.25) is 0 Å². The van der Waals surface area contributed by atoms with E-state index in [2.05, 4.69) is 40.3 Å². The molecule has 1 aliphatic carbocycles. The van der Waals surface area contributed by atoms with Gasteiger partial charge in [-0.25, -0.2) is 0 Å². The second kappa shape index (κ2) is 6.41. The molecule has 4 heteroatoms. The van der Waals surface area contributed by atoms with Crippen LogP contribution in [-0.4, -0.2) is 39.8 Å². The SMILES string of the molecule is CC(C)C1CNC2(CCCCC2)CN1Cc1cccnn1. The van der Waals surface area contributed by atoms with Crippen LogP contribution in [0.3, 0.4) is 0 Å². The highest BCUT2D eigenvalue weighted by atomic mass is 15.3. The van der Waals surface area contributed by atoms with E-state index in [1.54, 1.807) is 6.20 Å². The highest BCUT2D eigenvalue weighted by molar-refractivity contribution is 5.04. The summed E-state index contributed by atoms with van der Waals surface area (Å²) in [5.74, 6) is 0.662. The van der Waals surface area contributed by atoms with Crippen molar-refractivity contribution in [2.75, 3.05) is 13.1 Å². The molecular weight excluding hydrogens is 260 g/mol. The molecular formula is C17H28N4. The number of nitrogens with zero attached hydrogens (tertiary/aromatic N) is 3. The molecule has 21 heavy (non-hydrogen) atoms. The van der Waals surface area contributed by atoms with Crippen molar-refractivity contribution in [3.05, 3.63) is 24.0 Å². The smallest absolute Gasteiger partial charge is 0.0771 e. The molecule has 0 amide bonds. The molecule has 1 aromatic rings. The Hall–Kier alpha value is -1.00. The molecule has 1 aromatic heterocycles. The molecule has 2 aliphatic rings. The van der Waals surface area contributed by atoms with Crippen molar-refractivity contribution in [2.45, 2.75) is 64.1 Å². The lowest BCUT2D eigenvalue weighted by atomic mass is 9.78. The van der Waals surface area contributed by atoms with Gasteiger partial charge in [-0.1, -0.05) is 33.1 Å². The van der Waals surface area contributed by atoms with Crippen molar-refractivity contribution >= 4 is 0 Å². The van der Waals surface area contributed by atoms with Gasteiger partial charge in [0.2, 0.25) is 0 Å². The maximum atomic E-state index is 4.29. The van der Waals surface area contributed by atoms with Gasteiger partial charge in [0.25, 0.3) is 0 Å². The lowest BCUT2D eigenvalue weighted by Crippen LogP contribution is -2.65. The number of rotatable bonds is 3. The fraction of sp³-hybridized carbons (Fsp3) is 0.765. The van der Waals surface area contributed by atoms with Crippen molar-refractivity contribution in [3.63, 3.8) is 0 Å². The fourth-order valence-corrected chi connectivity index (χ4v) is 4.03. The number of nitrogens with one attached hydrogen (secondary N) is 1. The second-order valence-corrected chi connectivity index (χ2v) is 7.15. The molecule has 0 bridgehead atoms. The summed E-state index contributed by atoms with van der Waals surface area (Å²) >= 11 is 0. The maximum absolute atomic E-state index is 4.29. The van der Waals surface area contributed by atoms with Crippen LogP contribution in [-0.2, 0) is 6.54 Å². The fourth-order valence-electron chi connectivity index (χ4n) is 4.03. The molecule has 0 radical (unpaired) electrons. The molecule has 2 heterocycles. The van der Waals surface area contributed by atoms with Crippen LogP contribution >= 0.6 is 0 Å². The molecule has 1 N–H and O–H groups in total. The van der Waals surface area contributed by atoms with Gasteiger partial charge in [-0.15, -0.1) is 0 Å². The molecule has 1 saturated carbocycles. The molecule has 1 atom stereocenters. The van der Waals surface area contributed by atoms with E-state index < -0.39 is 0 Å². The van der Waals surface area contributed by atoms with Crippen molar-refractivity contribution in [1.82, 2.24) is 20.4 Å². The molecule has 0 aromatic carbocycles. The summed E-state index contributed by atoms with van der Waals surface area (Å²) < 4.78 is 0. The summed E-state index contributed by atoms with van der Waals surface area (Å²) in [5, 5.41) is 12.2. The predicted octanol–water partition coefficient (Wildman–Crippen LogP) is 2.61. The Morgan fingerprint density at radius 2 is 2.14 bits per heavy atom. The minimum absolute atomic E-state index is 0.353. The number of aromatic nitrogens is 2.